The van der Waals surface area contributed by atoms with Gasteiger partial charge in [0.15, 0.2) is 0 Å². The van der Waals surface area contributed by atoms with Gasteiger partial charge in [0.1, 0.15) is 5.82 Å². The van der Waals surface area contributed by atoms with Gasteiger partial charge < -0.3 is 5.32 Å². The van der Waals surface area contributed by atoms with E-state index in [0.29, 0.717) is 10.6 Å². The van der Waals surface area contributed by atoms with Gasteiger partial charge in [-0.15, -0.1) is 0 Å². The number of amides is 1. The molecule has 0 radical (unpaired) electrons. The Morgan fingerprint density at radius 2 is 2.00 bits per heavy atom. The van der Waals surface area contributed by atoms with E-state index in [1.165, 1.54) is 18.2 Å². The Balaban J connectivity index is 2.15. The molecule has 0 aliphatic heterocycles. The highest BCUT2D eigenvalue weighted by atomic mass is 79.9. The molecule has 2 aromatic carbocycles. The maximum Gasteiger partial charge on any atom is 0.251 e. The number of benzene rings is 2. The van der Waals surface area contributed by atoms with Gasteiger partial charge in [0.2, 0.25) is 0 Å². The van der Waals surface area contributed by atoms with Gasteiger partial charge in [-0.3, -0.25) is 4.79 Å². The van der Waals surface area contributed by atoms with E-state index in [1.807, 2.05) is 25.1 Å². The van der Waals surface area contributed by atoms with Gasteiger partial charge in [0, 0.05) is 10.6 Å². The zero-order valence-electron chi connectivity index (χ0n) is 10.7. The van der Waals surface area contributed by atoms with Crippen molar-refractivity contribution in [1.29, 1.82) is 0 Å². The average Bonchev–Trinajstić information content (AvgIpc) is 2.42. The standard InChI is InChI=1S/C15H12BrClFNO/c1-9(11-4-2-3-5-13(11)17)19-15(20)10-6-7-14(18)12(16)8-10/h2-9H,1H3,(H,19,20). The van der Waals surface area contributed by atoms with Crippen LogP contribution in [0.5, 0.6) is 0 Å². The molecule has 1 atom stereocenters. The maximum atomic E-state index is 13.1. The molecule has 2 nitrogen and oxygen atoms in total. The lowest BCUT2D eigenvalue weighted by atomic mass is 10.1. The fourth-order valence-corrected chi connectivity index (χ4v) is 2.50. The summed E-state index contributed by atoms with van der Waals surface area (Å²) < 4.78 is 13.4. The topological polar surface area (TPSA) is 29.1 Å². The minimum absolute atomic E-state index is 0.236. The Morgan fingerprint density at radius 1 is 1.30 bits per heavy atom. The molecule has 0 bridgehead atoms. The molecule has 1 unspecified atom stereocenters. The summed E-state index contributed by atoms with van der Waals surface area (Å²) in [4.78, 5) is 12.1. The van der Waals surface area contributed by atoms with Crippen LogP contribution in [0.4, 0.5) is 4.39 Å². The molecule has 0 saturated carbocycles. The minimum atomic E-state index is -0.402. The highest BCUT2D eigenvalue weighted by molar-refractivity contribution is 9.10. The summed E-state index contributed by atoms with van der Waals surface area (Å²) in [6.07, 6.45) is 0. The SMILES string of the molecule is CC(NC(=O)c1ccc(F)c(Br)c1)c1ccccc1Cl. The summed E-state index contributed by atoms with van der Waals surface area (Å²) in [6, 6.07) is 11.2. The van der Waals surface area contributed by atoms with Crippen molar-refractivity contribution < 1.29 is 9.18 Å². The van der Waals surface area contributed by atoms with Crippen LogP contribution < -0.4 is 5.32 Å². The Labute approximate surface area is 130 Å². The third-order valence-corrected chi connectivity index (χ3v) is 3.85. The highest BCUT2D eigenvalue weighted by Gasteiger charge is 2.14. The third-order valence-electron chi connectivity index (χ3n) is 2.90. The van der Waals surface area contributed by atoms with Crippen molar-refractivity contribution in [1.82, 2.24) is 5.32 Å². The largest absolute Gasteiger partial charge is 0.345 e. The second-order valence-electron chi connectivity index (χ2n) is 4.35. The van der Waals surface area contributed by atoms with Crippen molar-refractivity contribution in [2.45, 2.75) is 13.0 Å². The van der Waals surface area contributed by atoms with E-state index in [1.54, 1.807) is 6.07 Å². The van der Waals surface area contributed by atoms with E-state index < -0.39 is 5.82 Å². The number of carbonyl (C=O) groups is 1. The van der Waals surface area contributed by atoms with Crippen LogP contribution in [0.3, 0.4) is 0 Å². The lowest BCUT2D eigenvalue weighted by molar-refractivity contribution is 0.0940. The fourth-order valence-electron chi connectivity index (χ4n) is 1.82. The Kier molecular flexibility index (Phi) is 4.78. The van der Waals surface area contributed by atoms with Crippen LogP contribution in [-0.4, -0.2) is 5.91 Å². The lowest BCUT2D eigenvalue weighted by Gasteiger charge is -2.15. The molecule has 0 saturated heterocycles. The van der Waals surface area contributed by atoms with Gasteiger partial charge in [-0.25, -0.2) is 4.39 Å². The monoisotopic (exact) mass is 355 g/mol. The van der Waals surface area contributed by atoms with Crippen LogP contribution in [-0.2, 0) is 0 Å². The second-order valence-corrected chi connectivity index (χ2v) is 5.61. The zero-order chi connectivity index (χ0) is 14.7. The number of nitrogens with one attached hydrogen (secondary N) is 1. The summed E-state index contributed by atoms with van der Waals surface area (Å²) in [5, 5.41) is 3.43. The summed E-state index contributed by atoms with van der Waals surface area (Å²) in [5.74, 6) is -0.682. The molecule has 0 fully saturated rings. The van der Waals surface area contributed by atoms with Gasteiger partial charge in [-0.2, -0.15) is 0 Å². The highest BCUT2D eigenvalue weighted by Crippen LogP contribution is 2.23. The lowest BCUT2D eigenvalue weighted by Crippen LogP contribution is -2.26. The molecule has 1 amide bonds. The van der Waals surface area contributed by atoms with E-state index in [4.69, 9.17) is 11.6 Å². The normalized spacial score (nSPS) is 12.0. The summed E-state index contributed by atoms with van der Waals surface area (Å²) >= 11 is 9.15. The van der Waals surface area contributed by atoms with Crippen molar-refractivity contribution in [2.75, 3.05) is 0 Å². The zero-order valence-corrected chi connectivity index (χ0v) is 13.0. The Bertz CT molecular complexity index is 648. The summed E-state index contributed by atoms with van der Waals surface area (Å²) in [7, 11) is 0. The van der Waals surface area contributed by atoms with Gasteiger partial charge in [0.25, 0.3) is 5.91 Å². The van der Waals surface area contributed by atoms with Gasteiger partial charge >= 0.3 is 0 Å². The van der Waals surface area contributed by atoms with E-state index in [-0.39, 0.29) is 16.4 Å². The first-order valence-electron chi connectivity index (χ1n) is 5.99. The predicted molar refractivity (Wildman–Crippen MR) is 81.4 cm³/mol. The molecular weight excluding hydrogens is 345 g/mol. The van der Waals surface area contributed by atoms with Crippen molar-refractivity contribution in [3.8, 4) is 0 Å². The minimum Gasteiger partial charge on any atom is -0.345 e. The molecule has 0 aliphatic carbocycles. The first-order valence-corrected chi connectivity index (χ1v) is 7.16. The third kappa shape index (κ3) is 3.38. The van der Waals surface area contributed by atoms with Crippen molar-refractivity contribution in [3.05, 3.63) is 68.9 Å². The maximum absolute atomic E-state index is 13.1. The number of hydrogen-bond acceptors (Lipinski definition) is 1. The van der Waals surface area contributed by atoms with E-state index >= 15 is 0 Å². The first kappa shape index (κ1) is 15.0. The molecule has 0 aromatic heterocycles. The number of halogens is 3. The molecule has 2 rings (SSSR count). The van der Waals surface area contributed by atoms with Crippen LogP contribution in [0.15, 0.2) is 46.9 Å². The van der Waals surface area contributed by atoms with E-state index in [0.717, 1.165) is 5.56 Å². The molecule has 20 heavy (non-hydrogen) atoms. The first-order chi connectivity index (χ1) is 9.49. The predicted octanol–water partition coefficient (Wildman–Crippen LogP) is 4.73. The van der Waals surface area contributed by atoms with Crippen LogP contribution in [0.2, 0.25) is 5.02 Å². The van der Waals surface area contributed by atoms with Crippen molar-refractivity contribution in [3.63, 3.8) is 0 Å². The molecule has 104 valence electrons. The van der Waals surface area contributed by atoms with Crippen LogP contribution in [0, 0.1) is 5.82 Å². The van der Waals surface area contributed by atoms with Crippen LogP contribution in [0.1, 0.15) is 28.9 Å². The Hall–Kier alpha value is -1.39. The smallest absolute Gasteiger partial charge is 0.251 e. The molecule has 5 heteroatoms. The molecule has 0 spiro atoms. The number of carbonyl (C=O) groups excluding carboxylic acids is 1. The van der Waals surface area contributed by atoms with Gasteiger partial charge in [0.05, 0.1) is 10.5 Å². The number of hydrogen-bond donors (Lipinski definition) is 1. The quantitative estimate of drug-likeness (QED) is 0.846. The van der Waals surface area contributed by atoms with Gasteiger partial charge in [-0.1, -0.05) is 29.8 Å². The average molecular weight is 357 g/mol. The molecule has 0 heterocycles. The fraction of sp³-hybridized carbons (Fsp3) is 0.133. The van der Waals surface area contributed by atoms with E-state index in [2.05, 4.69) is 21.2 Å². The van der Waals surface area contributed by atoms with Crippen molar-refractivity contribution >= 4 is 33.4 Å². The molecular formula is C15H12BrClFNO. The second kappa shape index (κ2) is 6.37. The number of rotatable bonds is 3. The van der Waals surface area contributed by atoms with Gasteiger partial charge in [-0.05, 0) is 52.7 Å². The van der Waals surface area contributed by atoms with E-state index in [9.17, 15) is 9.18 Å². The van der Waals surface area contributed by atoms with Crippen LogP contribution >= 0.6 is 27.5 Å². The molecule has 1 N–H and O–H groups in total. The van der Waals surface area contributed by atoms with Crippen LogP contribution in [0.25, 0.3) is 0 Å². The molecule has 0 aliphatic rings. The molecule has 2 aromatic rings. The Morgan fingerprint density at radius 3 is 2.65 bits per heavy atom. The summed E-state index contributed by atoms with van der Waals surface area (Å²) in [5.41, 5.74) is 1.22. The van der Waals surface area contributed by atoms with Crippen molar-refractivity contribution in [2.24, 2.45) is 0 Å². The summed E-state index contributed by atoms with van der Waals surface area (Å²) in [6.45, 7) is 1.84.